The van der Waals surface area contributed by atoms with Gasteiger partial charge >= 0.3 is 5.97 Å². The fraction of sp³-hybridized carbons (Fsp3) is 0.545. The summed E-state index contributed by atoms with van der Waals surface area (Å²) in [5, 5.41) is 0. The molecule has 1 atom stereocenters. The highest BCUT2D eigenvalue weighted by Crippen LogP contribution is 2.31. The minimum atomic E-state index is -3.62. The quantitative estimate of drug-likeness (QED) is 0.778. The van der Waals surface area contributed by atoms with Crippen molar-refractivity contribution in [2.45, 2.75) is 18.1 Å². The van der Waals surface area contributed by atoms with Gasteiger partial charge in [0.2, 0.25) is 0 Å². The molecule has 0 radical (unpaired) electrons. The van der Waals surface area contributed by atoms with Crippen LogP contribution in [0, 0.1) is 12.8 Å². The van der Waals surface area contributed by atoms with Gasteiger partial charge in [-0.2, -0.15) is 4.31 Å². The fourth-order valence-electron chi connectivity index (χ4n) is 1.47. The number of aryl methyl sites for hydroxylation is 1. The molecule has 1 heterocycles. The maximum absolute atomic E-state index is 12.3. The molecule has 1 aromatic heterocycles. The van der Waals surface area contributed by atoms with E-state index >= 15 is 0 Å². The molecule has 1 rings (SSSR count). The minimum Gasteiger partial charge on any atom is -0.469 e. The number of thiophene rings is 1. The van der Waals surface area contributed by atoms with Gasteiger partial charge in [-0.15, -0.1) is 11.3 Å². The second-order valence-electron chi connectivity index (χ2n) is 4.23. The van der Waals surface area contributed by atoms with Crippen LogP contribution >= 0.6 is 22.9 Å². The Morgan fingerprint density at radius 2 is 2.16 bits per heavy atom. The number of halogens is 1. The van der Waals surface area contributed by atoms with Gasteiger partial charge in [0.05, 0.1) is 17.4 Å². The van der Waals surface area contributed by atoms with Crippen LogP contribution in [0.25, 0.3) is 0 Å². The monoisotopic (exact) mass is 325 g/mol. The molecule has 0 aliphatic heterocycles. The van der Waals surface area contributed by atoms with E-state index in [-0.39, 0.29) is 10.8 Å². The lowest BCUT2D eigenvalue weighted by molar-refractivity contribution is -0.144. The van der Waals surface area contributed by atoms with E-state index in [1.165, 1.54) is 20.2 Å². The zero-order chi connectivity index (χ0) is 14.8. The summed E-state index contributed by atoms with van der Waals surface area (Å²) in [6.45, 7) is 3.42. The standard InChI is InChI=1S/C11H16ClNO4S2/c1-7-5-9(18-10(7)12)19(15,16)13(3)6-8(2)11(14)17-4/h5,8H,6H2,1-4H3. The van der Waals surface area contributed by atoms with Gasteiger partial charge in [-0.25, -0.2) is 8.42 Å². The molecule has 0 saturated heterocycles. The van der Waals surface area contributed by atoms with Crippen molar-refractivity contribution in [3.63, 3.8) is 0 Å². The van der Waals surface area contributed by atoms with Gasteiger partial charge in [-0.1, -0.05) is 18.5 Å². The van der Waals surface area contributed by atoms with Crippen LogP contribution in [0.3, 0.4) is 0 Å². The van der Waals surface area contributed by atoms with E-state index in [1.54, 1.807) is 13.8 Å². The zero-order valence-corrected chi connectivity index (χ0v) is 13.5. The molecule has 0 aliphatic rings. The minimum absolute atomic E-state index is 0.0591. The van der Waals surface area contributed by atoms with Crippen LogP contribution in [0.4, 0.5) is 0 Å². The molecule has 0 fully saturated rings. The molecule has 0 aromatic carbocycles. The molecular weight excluding hydrogens is 310 g/mol. The van der Waals surface area contributed by atoms with Crippen molar-refractivity contribution in [2.75, 3.05) is 20.7 Å². The first-order valence-corrected chi connectivity index (χ1v) is 8.13. The van der Waals surface area contributed by atoms with Crippen molar-refractivity contribution in [3.8, 4) is 0 Å². The third-order valence-electron chi connectivity index (χ3n) is 2.63. The van der Waals surface area contributed by atoms with Gasteiger partial charge in [0.15, 0.2) is 0 Å². The van der Waals surface area contributed by atoms with Crippen molar-refractivity contribution < 1.29 is 17.9 Å². The summed E-state index contributed by atoms with van der Waals surface area (Å²) in [5.41, 5.74) is 0.722. The van der Waals surface area contributed by atoms with Crippen LogP contribution in [0.2, 0.25) is 4.34 Å². The lowest BCUT2D eigenvalue weighted by Crippen LogP contribution is -2.33. The molecule has 0 aliphatic carbocycles. The van der Waals surface area contributed by atoms with Crippen molar-refractivity contribution in [1.29, 1.82) is 0 Å². The molecule has 0 saturated carbocycles. The maximum atomic E-state index is 12.3. The van der Waals surface area contributed by atoms with Crippen molar-refractivity contribution in [3.05, 3.63) is 16.0 Å². The Morgan fingerprint density at radius 3 is 2.58 bits per heavy atom. The lowest BCUT2D eigenvalue weighted by atomic mass is 10.2. The maximum Gasteiger partial charge on any atom is 0.309 e. The highest BCUT2D eigenvalue weighted by Gasteiger charge is 2.27. The van der Waals surface area contributed by atoms with E-state index in [9.17, 15) is 13.2 Å². The molecule has 5 nitrogen and oxygen atoms in total. The summed E-state index contributed by atoms with van der Waals surface area (Å²) in [6.07, 6.45) is 0. The van der Waals surface area contributed by atoms with E-state index in [4.69, 9.17) is 11.6 Å². The Balaban J connectivity index is 2.91. The molecule has 1 aromatic rings. The van der Waals surface area contributed by atoms with Crippen LogP contribution in [-0.2, 0) is 19.6 Å². The van der Waals surface area contributed by atoms with Crippen LogP contribution < -0.4 is 0 Å². The van der Waals surface area contributed by atoms with Crippen molar-refractivity contribution in [1.82, 2.24) is 4.31 Å². The van der Waals surface area contributed by atoms with E-state index in [1.807, 2.05) is 0 Å². The zero-order valence-electron chi connectivity index (χ0n) is 11.1. The number of sulfonamides is 1. The van der Waals surface area contributed by atoms with E-state index in [0.717, 1.165) is 21.2 Å². The topological polar surface area (TPSA) is 63.7 Å². The number of nitrogens with zero attached hydrogens (tertiary/aromatic N) is 1. The predicted octanol–water partition coefficient (Wildman–Crippen LogP) is 2.14. The highest BCUT2D eigenvalue weighted by molar-refractivity contribution is 7.91. The normalized spacial score (nSPS) is 13.6. The number of carbonyl (C=O) groups is 1. The molecule has 8 heteroatoms. The van der Waals surface area contributed by atoms with Crippen LogP contribution in [0.15, 0.2) is 10.3 Å². The SMILES string of the molecule is COC(=O)C(C)CN(C)S(=O)(=O)c1cc(C)c(Cl)s1. The Bertz CT molecular complexity index is 548. The molecule has 1 unspecified atom stereocenters. The number of carbonyl (C=O) groups excluding carboxylic acids is 1. The van der Waals surface area contributed by atoms with Crippen LogP contribution in [-0.4, -0.2) is 39.4 Å². The summed E-state index contributed by atoms with van der Waals surface area (Å²) >= 11 is 6.89. The molecule has 0 spiro atoms. The Labute approximate surface area is 122 Å². The molecule has 0 bridgehead atoms. The fourth-order valence-corrected chi connectivity index (χ4v) is 4.65. The largest absolute Gasteiger partial charge is 0.469 e. The predicted molar refractivity (Wildman–Crippen MR) is 75.1 cm³/mol. The van der Waals surface area contributed by atoms with Crippen LogP contribution in [0.1, 0.15) is 12.5 Å². The van der Waals surface area contributed by atoms with Gasteiger partial charge in [0.1, 0.15) is 4.21 Å². The first-order valence-electron chi connectivity index (χ1n) is 5.50. The summed E-state index contributed by atoms with van der Waals surface area (Å²) in [4.78, 5) is 11.3. The Morgan fingerprint density at radius 1 is 1.58 bits per heavy atom. The number of esters is 1. The lowest BCUT2D eigenvalue weighted by Gasteiger charge is -2.19. The summed E-state index contributed by atoms with van der Waals surface area (Å²) in [5.74, 6) is -0.969. The summed E-state index contributed by atoms with van der Waals surface area (Å²) in [7, 11) is -0.916. The van der Waals surface area contributed by atoms with Gasteiger partial charge in [0.25, 0.3) is 10.0 Å². The number of hydrogen-bond acceptors (Lipinski definition) is 5. The molecule has 108 valence electrons. The second-order valence-corrected chi connectivity index (χ2v) is 8.16. The van der Waals surface area contributed by atoms with Crippen molar-refractivity contribution in [2.24, 2.45) is 5.92 Å². The molecule has 19 heavy (non-hydrogen) atoms. The number of hydrogen-bond donors (Lipinski definition) is 0. The van der Waals surface area contributed by atoms with Gasteiger partial charge < -0.3 is 4.74 Å². The van der Waals surface area contributed by atoms with Crippen molar-refractivity contribution >= 4 is 38.9 Å². The molecular formula is C11H16ClNO4S2. The van der Waals surface area contributed by atoms with Gasteiger partial charge in [-0.3, -0.25) is 4.79 Å². The third kappa shape index (κ3) is 3.68. The van der Waals surface area contributed by atoms with Gasteiger partial charge in [0, 0.05) is 13.6 Å². The van der Waals surface area contributed by atoms with E-state index in [0.29, 0.717) is 4.34 Å². The Hall–Kier alpha value is -0.630. The smallest absolute Gasteiger partial charge is 0.309 e. The Kier molecular flexibility index (Phi) is 5.37. The molecule has 0 N–H and O–H groups in total. The molecule has 0 amide bonds. The average molecular weight is 326 g/mol. The first-order chi connectivity index (χ1) is 8.70. The van der Waals surface area contributed by atoms with Gasteiger partial charge in [-0.05, 0) is 18.6 Å². The summed E-state index contributed by atoms with van der Waals surface area (Å²) < 4.78 is 30.9. The number of rotatable bonds is 5. The summed E-state index contributed by atoms with van der Waals surface area (Å²) in [6, 6.07) is 1.53. The van der Waals surface area contributed by atoms with E-state index in [2.05, 4.69) is 4.74 Å². The third-order valence-corrected chi connectivity index (χ3v) is 6.46. The number of methoxy groups -OCH3 is 1. The highest BCUT2D eigenvalue weighted by atomic mass is 35.5. The van der Waals surface area contributed by atoms with E-state index < -0.39 is 21.9 Å². The first kappa shape index (κ1) is 16.4. The number of ether oxygens (including phenoxy) is 1. The van der Waals surface area contributed by atoms with Crippen LogP contribution in [0.5, 0.6) is 0 Å². The second kappa shape index (κ2) is 6.21. The average Bonchev–Trinajstić information content (AvgIpc) is 2.69.